The van der Waals surface area contributed by atoms with Gasteiger partial charge in [0, 0.05) is 21.6 Å². The van der Waals surface area contributed by atoms with Crippen molar-refractivity contribution >= 4 is 50.7 Å². The number of fused-ring (bicyclic) bond motifs is 1. The highest BCUT2D eigenvalue weighted by Gasteiger charge is 2.19. The number of benzene rings is 2. The highest BCUT2D eigenvalue weighted by molar-refractivity contribution is 9.10. The summed E-state index contributed by atoms with van der Waals surface area (Å²) in [5.41, 5.74) is 3.99. The van der Waals surface area contributed by atoms with Crippen LogP contribution in [0.3, 0.4) is 0 Å². The summed E-state index contributed by atoms with van der Waals surface area (Å²) in [6.45, 7) is 0. The second-order valence-corrected chi connectivity index (χ2v) is 6.72. The van der Waals surface area contributed by atoms with Crippen LogP contribution in [0.2, 0.25) is 5.02 Å². The van der Waals surface area contributed by atoms with Crippen molar-refractivity contribution in [1.82, 2.24) is 0 Å². The minimum Gasteiger partial charge on any atom is -0.326 e. The van der Waals surface area contributed by atoms with Gasteiger partial charge in [-0.05, 0) is 41.3 Å². The average Bonchev–Trinajstić information content (AvgIpc) is 2.46. The fraction of sp³-hybridized carbons (Fsp3) is 0.188. The van der Waals surface area contributed by atoms with E-state index in [-0.39, 0.29) is 11.3 Å². The van der Waals surface area contributed by atoms with Crippen LogP contribution in [-0.4, -0.2) is 5.91 Å². The third-order valence-electron chi connectivity index (χ3n) is 3.55. The molecule has 1 amide bonds. The van der Waals surface area contributed by atoms with E-state index in [0.717, 1.165) is 33.3 Å². The highest BCUT2D eigenvalue weighted by Crippen LogP contribution is 2.37. The van der Waals surface area contributed by atoms with Gasteiger partial charge in [0.25, 0.3) is 0 Å². The zero-order valence-corrected chi connectivity index (χ0v) is 14.1. The molecule has 0 radical (unpaired) electrons. The summed E-state index contributed by atoms with van der Waals surface area (Å²) in [5.74, 6) is 0.0677. The summed E-state index contributed by atoms with van der Waals surface area (Å²) >= 11 is 16.1. The number of carbonyl (C=O) groups is 1. The lowest BCUT2D eigenvalue weighted by molar-refractivity contribution is -0.116. The highest BCUT2D eigenvalue weighted by atomic mass is 79.9. The van der Waals surface area contributed by atoms with Crippen LogP contribution < -0.4 is 5.32 Å². The molecular formula is C16H12BrCl2NO. The maximum Gasteiger partial charge on any atom is 0.224 e. The van der Waals surface area contributed by atoms with E-state index < -0.39 is 0 Å². The molecule has 0 saturated heterocycles. The van der Waals surface area contributed by atoms with Crippen LogP contribution >= 0.6 is 39.1 Å². The van der Waals surface area contributed by atoms with Crippen LogP contribution in [-0.2, 0) is 11.2 Å². The minimum atomic E-state index is -0.264. The van der Waals surface area contributed by atoms with E-state index in [1.807, 2.05) is 30.3 Å². The molecule has 0 aromatic heterocycles. The first-order chi connectivity index (χ1) is 10.0. The van der Waals surface area contributed by atoms with Gasteiger partial charge in [-0.1, -0.05) is 45.7 Å². The summed E-state index contributed by atoms with van der Waals surface area (Å²) < 4.78 is 0.890. The molecule has 0 spiro atoms. The zero-order chi connectivity index (χ0) is 15.0. The van der Waals surface area contributed by atoms with Crippen LogP contribution in [0, 0.1) is 0 Å². The van der Waals surface area contributed by atoms with Crippen molar-refractivity contribution in [3.63, 3.8) is 0 Å². The zero-order valence-electron chi connectivity index (χ0n) is 11.0. The normalized spacial score (nSPS) is 15.3. The van der Waals surface area contributed by atoms with E-state index in [0.29, 0.717) is 11.4 Å². The van der Waals surface area contributed by atoms with Gasteiger partial charge in [-0.2, -0.15) is 0 Å². The number of amides is 1. The van der Waals surface area contributed by atoms with E-state index in [1.54, 1.807) is 0 Å². The van der Waals surface area contributed by atoms with Gasteiger partial charge >= 0.3 is 0 Å². The summed E-state index contributed by atoms with van der Waals surface area (Å²) in [6.07, 6.45) is 1.27. The Kier molecular flexibility index (Phi) is 4.25. The fourth-order valence-electron chi connectivity index (χ4n) is 2.45. The summed E-state index contributed by atoms with van der Waals surface area (Å²) in [5, 5.41) is 3.28. The standard InChI is InChI=1S/C16H12BrCl2NO/c17-13-8-11(18)3-4-12(13)16(19)10-1-5-14-9(7-10)2-6-15(21)20-14/h1,3-5,7-8,16H,2,6H2,(H,20,21). The summed E-state index contributed by atoms with van der Waals surface area (Å²) in [4.78, 5) is 11.4. The monoisotopic (exact) mass is 383 g/mol. The number of halogens is 3. The number of anilines is 1. The number of nitrogens with one attached hydrogen (secondary N) is 1. The van der Waals surface area contributed by atoms with Crippen LogP contribution in [0.5, 0.6) is 0 Å². The van der Waals surface area contributed by atoms with E-state index in [9.17, 15) is 4.79 Å². The minimum absolute atomic E-state index is 0.0677. The third kappa shape index (κ3) is 3.10. The first-order valence-electron chi connectivity index (χ1n) is 6.56. The number of rotatable bonds is 2. The molecule has 2 aromatic carbocycles. The SMILES string of the molecule is O=C1CCc2cc(C(Cl)c3ccc(Cl)cc3Br)ccc2N1. The number of aryl methyl sites for hydroxylation is 1. The largest absolute Gasteiger partial charge is 0.326 e. The molecule has 0 aliphatic carbocycles. The smallest absolute Gasteiger partial charge is 0.224 e. The molecule has 1 unspecified atom stereocenters. The van der Waals surface area contributed by atoms with E-state index in [1.165, 1.54) is 0 Å². The second-order valence-electron chi connectivity index (χ2n) is 4.99. The van der Waals surface area contributed by atoms with Gasteiger partial charge in [-0.25, -0.2) is 0 Å². The molecule has 21 heavy (non-hydrogen) atoms. The lowest BCUT2D eigenvalue weighted by atomic mass is 9.97. The fourth-order valence-corrected chi connectivity index (χ4v) is 3.82. The molecule has 1 aliphatic heterocycles. The van der Waals surface area contributed by atoms with E-state index >= 15 is 0 Å². The molecule has 2 nitrogen and oxygen atoms in total. The van der Waals surface area contributed by atoms with E-state index in [2.05, 4.69) is 27.3 Å². The number of alkyl halides is 1. The predicted octanol–water partition coefficient (Wildman–Crippen LogP) is 5.32. The number of hydrogen-bond acceptors (Lipinski definition) is 1. The number of hydrogen-bond donors (Lipinski definition) is 1. The third-order valence-corrected chi connectivity index (χ3v) is 4.96. The van der Waals surface area contributed by atoms with Crippen LogP contribution in [0.1, 0.15) is 28.5 Å². The Morgan fingerprint density at radius 3 is 2.71 bits per heavy atom. The predicted molar refractivity (Wildman–Crippen MR) is 90.2 cm³/mol. The molecule has 2 aromatic rings. The first-order valence-corrected chi connectivity index (χ1v) is 8.17. The van der Waals surface area contributed by atoms with Crippen LogP contribution in [0.15, 0.2) is 40.9 Å². The maximum atomic E-state index is 11.4. The van der Waals surface area contributed by atoms with Crippen molar-refractivity contribution in [2.24, 2.45) is 0 Å². The Balaban J connectivity index is 1.95. The summed E-state index contributed by atoms with van der Waals surface area (Å²) in [6, 6.07) is 11.5. The molecule has 1 heterocycles. The van der Waals surface area contributed by atoms with E-state index in [4.69, 9.17) is 23.2 Å². The van der Waals surface area contributed by atoms with Gasteiger partial charge in [-0.3, -0.25) is 4.79 Å². The Morgan fingerprint density at radius 1 is 1.14 bits per heavy atom. The van der Waals surface area contributed by atoms with Crippen molar-refractivity contribution < 1.29 is 4.79 Å². The van der Waals surface area contributed by atoms with Gasteiger partial charge in [0.2, 0.25) is 5.91 Å². The molecule has 0 saturated carbocycles. The molecule has 3 rings (SSSR count). The molecule has 1 atom stereocenters. The Morgan fingerprint density at radius 2 is 1.95 bits per heavy atom. The van der Waals surface area contributed by atoms with Crippen molar-refractivity contribution in [3.05, 3.63) is 62.6 Å². The lowest BCUT2D eigenvalue weighted by Gasteiger charge is -2.19. The van der Waals surface area contributed by atoms with Gasteiger partial charge in [0.15, 0.2) is 0 Å². The van der Waals surface area contributed by atoms with Crippen molar-refractivity contribution in [3.8, 4) is 0 Å². The second kappa shape index (κ2) is 5.99. The molecule has 5 heteroatoms. The molecule has 1 N–H and O–H groups in total. The van der Waals surface area contributed by atoms with Gasteiger partial charge in [0.05, 0.1) is 5.38 Å². The molecule has 1 aliphatic rings. The van der Waals surface area contributed by atoms with Crippen LogP contribution in [0.4, 0.5) is 5.69 Å². The van der Waals surface area contributed by atoms with Gasteiger partial charge in [-0.15, -0.1) is 11.6 Å². The van der Waals surface area contributed by atoms with Gasteiger partial charge in [0.1, 0.15) is 0 Å². The average molecular weight is 385 g/mol. The van der Waals surface area contributed by atoms with Crippen molar-refractivity contribution in [2.45, 2.75) is 18.2 Å². The molecule has 108 valence electrons. The van der Waals surface area contributed by atoms with Gasteiger partial charge < -0.3 is 5.32 Å². The lowest BCUT2D eigenvalue weighted by Crippen LogP contribution is -2.19. The maximum absolute atomic E-state index is 11.4. The first kappa shape index (κ1) is 14.9. The van der Waals surface area contributed by atoms with Crippen molar-refractivity contribution in [1.29, 1.82) is 0 Å². The topological polar surface area (TPSA) is 29.1 Å². The molecular weight excluding hydrogens is 373 g/mol. The molecule has 0 fully saturated rings. The quantitative estimate of drug-likeness (QED) is 0.698. The Bertz CT molecular complexity index is 717. The Hall–Kier alpha value is -1.03. The summed E-state index contributed by atoms with van der Waals surface area (Å²) in [7, 11) is 0. The molecule has 0 bridgehead atoms. The Labute approximate surface area is 141 Å². The van der Waals surface area contributed by atoms with Crippen LogP contribution in [0.25, 0.3) is 0 Å². The number of carbonyl (C=O) groups excluding carboxylic acids is 1. The van der Waals surface area contributed by atoms with Crippen molar-refractivity contribution in [2.75, 3.05) is 5.32 Å².